The molecule has 3 aliphatic rings. The van der Waals surface area contributed by atoms with E-state index in [2.05, 4.69) is 14.6 Å². The first-order chi connectivity index (χ1) is 22.3. The number of nitrogens with zero attached hydrogens (tertiary/aromatic N) is 6. The van der Waals surface area contributed by atoms with Crippen molar-refractivity contribution in [1.82, 2.24) is 33.3 Å². The highest BCUT2D eigenvalue weighted by Crippen LogP contribution is 2.26. The van der Waals surface area contributed by atoms with E-state index in [1.54, 1.807) is 49.0 Å². The second-order valence-corrected chi connectivity index (χ2v) is 16.8. The molecule has 1 aromatic heterocycles. The van der Waals surface area contributed by atoms with Crippen LogP contribution >= 0.6 is 11.6 Å². The molecule has 3 saturated heterocycles. The fraction of sp³-hybridized carbons (Fsp3) is 0.516. The molecule has 3 unspecified atom stereocenters. The van der Waals surface area contributed by atoms with E-state index in [1.165, 1.54) is 27.8 Å². The maximum absolute atomic E-state index is 13.5. The number of nitrogens with one attached hydrogen (secondary N) is 1. The molecule has 0 spiro atoms. The first kappa shape index (κ1) is 33.8. The molecule has 0 bridgehead atoms. The Morgan fingerprint density at radius 1 is 1.02 bits per heavy atom. The van der Waals surface area contributed by atoms with Gasteiger partial charge in [-0.1, -0.05) is 23.7 Å². The Bertz CT molecular complexity index is 1890. The molecule has 254 valence electrons. The number of rotatable bonds is 10. The first-order valence-corrected chi connectivity index (χ1v) is 19.1. The second-order valence-electron chi connectivity index (χ2n) is 12.7. The summed E-state index contributed by atoms with van der Waals surface area (Å²) >= 11 is 6.05. The van der Waals surface area contributed by atoms with Gasteiger partial charge in [0.15, 0.2) is 5.03 Å². The highest BCUT2D eigenvalue weighted by atomic mass is 35.5. The summed E-state index contributed by atoms with van der Waals surface area (Å²) in [5.74, 6) is -0.570. The molecule has 1 N–H and O–H groups in total. The summed E-state index contributed by atoms with van der Waals surface area (Å²) in [6.07, 6.45) is 6.21. The average Bonchev–Trinajstić information content (AvgIpc) is 3.80. The van der Waals surface area contributed by atoms with Gasteiger partial charge in [0.25, 0.3) is 10.0 Å². The Balaban J connectivity index is 1.04. The second kappa shape index (κ2) is 13.4. The lowest BCUT2D eigenvalue weighted by Gasteiger charge is -2.35. The van der Waals surface area contributed by atoms with Gasteiger partial charge in [0.1, 0.15) is 6.04 Å². The van der Waals surface area contributed by atoms with Gasteiger partial charge in [0.2, 0.25) is 21.8 Å². The number of sulfonamides is 2. The number of carbonyl (C=O) groups is 2. The van der Waals surface area contributed by atoms with Gasteiger partial charge in [-0.2, -0.15) is 9.03 Å². The number of piperidine rings is 1. The van der Waals surface area contributed by atoms with Crippen LogP contribution in [-0.4, -0.2) is 122 Å². The summed E-state index contributed by atoms with van der Waals surface area (Å²) in [6, 6.07) is 8.71. The maximum atomic E-state index is 13.5. The van der Waals surface area contributed by atoms with Crippen LogP contribution in [-0.2, 0) is 36.7 Å². The lowest BCUT2D eigenvalue weighted by atomic mass is 10.1. The number of likely N-dealkylation sites (tertiary alicyclic amines) is 3. The van der Waals surface area contributed by atoms with E-state index in [9.17, 15) is 26.4 Å². The van der Waals surface area contributed by atoms with Crippen LogP contribution in [0, 0.1) is 0 Å². The van der Waals surface area contributed by atoms with E-state index in [4.69, 9.17) is 11.6 Å². The Morgan fingerprint density at radius 3 is 2.53 bits per heavy atom. The molecular weight excluding hydrogens is 666 g/mol. The zero-order valence-corrected chi connectivity index (χ0v) is 28.8. The lowest BCUT2D eigenvalue weighted by molar-refractivity contribution is -0.143. The van der Waals surface area contributed by atoms with E-state index in [1.807, 2.05) is 4.90 Å². The molecule has 13 nitrogen and oxygen atoms in total. The van der Waals surface area contributed by atoms with E-state index < -0.39 is 32.0 Å². The topological polar surface area (TPSA) is 145 Å². The molecule has 3 fully saturated rings. The molecule has 2 aromatic carbocycles. The maximum Gasteiger partial charge on any atom is 0.262 e. The van der Waals surface area contributed by atoms with E-state index in [0.717, 1.165) is 18.2 Å². The summed E-state index contributed by atoms with van der Waals surface area (Å²) in [6.45, 7) is 2.73. The van der Waals surface area contributed by atoms with Crippen molar-refractivity contribution in [2.75, 3.05) is 46.3 Å². The summed E-state index contributed by atoms with van der Waals surface area (Å²) in [7, 11) is -4.40. The van der Waals surface area contributed by atoms with Gasteiger partial charge in [-0.15, -0.1) is 0 Å². The highest BCUT2D eigenvalue weighted by molar-refractivity contribution is 7.89. The molecule has 0 saturated carbocycles. The van der Waals surface area contributed by atoms with Gasteiger partial charge >= 0.3 is 0 Å². The van der Waals surface area contributed by atoms with Gasteiger partial charge < -0.3 is 14.4 Å². The van der Waals surface area contributed by atoms with E-state index >= 15 is 0 Å². The van der Waals surface area contributed by atoms with Crippen molar-refractivity contribution in [1.29, 1.82) is 0 Å². The third-order valence-corrected chi connectivity index (χ3v) is 13.0. The minimum Gasteiger partial charge on any atom is -0.339 e. The molecule has 47 heavy (non-hydrogen) atoms. The molecule has 6 rings (SSSR count). The zero-order chi connectivity index (χ0) is 33.5. The van der Waals surface area contributed by atoms with Crippen LogP contribution in [0.25, 0.3) is 10.8 Å². The van der Waals surface area contributed by atoms with Crippen molar-refractivity contribution in [3.05, 3.63) is 53.9 Å². The summed E-state index contributed by atoms with van der Waals surface area (Å²) in [5.41, 5.74) is 0. The van der Waals surface area contributed by atoms with Gasteiger partial charge in [-0.05, 0) is 73.7 Å². The van der Waals surface area contributed by atoms with Crippen LogP contribution in [0.5, 0.6) is 0 Å². The van der Waals surface area contributed by atoms with Gasteiger partial charge in [0, 0.05) is 63.6 Å². The Hall–Kier alpha value is -3.08. The molecule has 3 aliphatic heterocycles. The van der Waals surface area contributed by atoms with Crippen molar-refractivity contribution in [3.8, 4) is 0 Å². The van der Waals surface area contributed by atoms with Crippen molar-refractivity contribution in [2.24, 2.45) is 7.05 Å². The summed E-state index contributed by atoms with van der Waals surface area (Å²) in [5, 5.41) is 2.10. The predicted octanol–water partition coefficient (Wildman–Crippen LogP) is 1.88. The molecule has 0 radical (unpaired) electrons. The van der Waals surface area contributed by atoms with Crippen LogP contribution in [0.3, 0.4) is 0 Å². The van der Waals surface area contributed by atoms with Crippen molar-refractivity contribution >= 4 is 54.2 Å². The highest BCUT2D eigenvalue weighted by Gasteiger charge is 2.39. The number of benzene rings is 2. The minimum atomic E-state index is -4.00. The summed E-state index contributed by atoms with van der Waals surface area (Å²) < 4.78 is 58.3. The molecule has 3 atom stereocenters. The normalized spacial score (nSPS) is 23.0. The lowest BCUT2D eigenvalue weighted by Crippen LogP contribution is -2.55. The zero-order valence-electron chi connectivity index (χ0n) is 26.5. The van der Waals surface area contributed by atoms with Crippen LogP contribution in [0.2, 0.25) is 5.02 Å². The largest absolute Gasteiger partial charge is 0.339 e. The number of aromatic nitrogens is 2. The van der Waals surface area contributed by atoms with Gasteiger partial charge in [-0.25, -0.2) is 21.8 Å². The quantitative estimate of drug-likeness (QED) is 0.337. The molecule has 4 heterocycles. The Labute approximate surface area is 280 Å². The SMILES string of the molecule is CN(C1CCN(CC2CCCN2C(=O)CN2CCCC(NS(=O)(=O)c3ccc4cc(Cl)ccc4c3)C2=O)C1)S(=O)(=O)c1cn(C)cn1. The molecular formula is C31H40ClN7O6S2. The van der Waals surface area contributed by atoms with Crippen molar-refractivity contribution < 1.29 is 26.4 Å². The van der Waals surface area contributed by atoms with E-state index in [0.29, 0.717) is 62.4 Å². The number of hydrogen-bond donors (Lipinski definition) is 1. The Morgan fingerprint density at radius 2 is 1.77 bits per heavy atom. The molecule has 3 aromatic rings. The average molecular weight is 706 g/mol. The van der Waals surface area contributed by atoms with Crippen LogP contribution < -0.4 is 4.72 Å². The monoisotopic (exact) mass is 705 g/mol. The fourth-order valence-electron chi connectivity index (χ4n) is 6.87. The summed E-state index contributed by atoms with van der Waals surface area (Å²) in [4.78, 5) is 36.5. The first-order valence-electron chi connectivity index (χ1n) is 15.8. The molecule has 2 amide bonds. The standard InChI is InChI=1S/C31H40ClN7O6S2/c1-35-19-29(33-21-35)47(44,45)36(2)25-11-14-37(17-25)18-26-5-3-13-39(26)30(40)20-38-12-4-6-28(31(38)41)34-46(42,43)27-10-8-22-15-24(32)9-7-23(22)16-27/h7-10,15-16,19,21,25-26,28,34H,3-6,11-14,17-18,20H2,1-2H3. The van der Waals surface area contributed by atoms with Crippen LogP contribution in [0.4, 0.5) is 0 Å². The van der Waals surface area contributed by atoms with Crippen molar-refractivity contribution in [2.45, 2.75) is 60.2 Å². The number of imidazole rings is 1. The molecule has 16 heteroatoms. The molecule has 0 aliphatic carbocycles. The fourth-order valence-corrected chi connectivity index (χ4v) is 9.65. The van der Waals surface area contributed by atoms with Crippen LogP contribution in [0.1, 0.15) is 32.1 Å². The third kappa shape index (κ3) is 7.20. The number of hydrogen-bond acceptors (Lipinski definition) is 8. The third-order valence-electron chi connectivity index (χ3n) is 9.49. The van der Waals surface area contributed by atoms with Crippen LogP contribution in [0.15, 0.2) is 58.8 Å². The Kier molecular flexibility index (Phi) is 9.67. The number of carbonyl (C=O) groups excluding carboxylic acids is 2. The number of aryl methyl sites for hydroxylation is 1. The number of amides is 2. The number of halogens is 1. The van der Waals surface area contributed by atoms with Crippen molar-refractivity contribution in [3.63, 3.8) is 0 Å². The number of likely N-dealkylation sites (N-methyl/N-ethyl adjacent to an activating group) is 1. The predicted molar refractivity (Wildman–Crippen MR) is 177 cm³/mol. The van der Waals surface area contributed by atoms with Gasteiger partial charge in [-0.3, -0.25) is 14.5 Å². The van der Waals surface area contributed by atoms with E-state index in [-0.39, 0.29) is 34.5 Å². The van der Waals surface area contributed by atoms with Gasteiger partial charge in [0.05, 0.1) is 17.8 Å². The smallest absolute Gasteiger partial charge is 0.262 e. The minimum absolute atomic E-state index is 0.0234. The number of fused-ring (bicyclic) bond motifs is 1.